The van der Waals surface area contributed by atoms with Gasteiger partial charge in [0.05, 0.1) is 18.6 Å². The summed E-state index contributed by atoms with van der Waals surface area (Å²) in [7, 11) is 1.57. The molecule has 23 heavy (non-hydrogen) atoms. The molecule has 0 aliphatic heterocycles. The van der Waals surface area contributed by atoms with Gasteiger partial charge in [-0.1, -0.05) is 6.07 Å². The van der Waals surface area contributed by atoms with E-state index in [9.17, 15) is 14.9 Å². The van der Waals surface area contributed by atoms with Crippen LogP contribution >= 0.6 is 0 Å². The number of nitrogens with zero attached hydrogens (tertiary/aromatic N) is 1. The number of nitro benzene ring substituents is 1. The Morgan fingerprint density at radius 1 is 1.17 bits per heavy atom. The Morgan fingerprint density at radius 2 is 1.87 bits per heavy atom. The van der Waals surface area contributed by atoms with Crippen molar-refractivity contribution in [2.24, 2.45) is 0 Å². The number of carbonyl (C=O) groups is 1. The van der Waals surface area contributed by atoms with Gasteiger partial charge in [0, 0.05) is 23.8 Å². The maximum Gasteiger partial charge on any atom is 0.269 e. The van der Waals surface area contributed by atoms with E-state index in [1.165, 1.54) is 24.3 Å². The van der Waals surface area contributed by atoms with Crippen LogP contribution in [0.3, 0.4) is 0 Å². The molecule has 0 saturated carbocycles. The number of nitrogens with one attached hydrogen (secondary N) is 1. The second kappa shape index (κ2) is 7.79. The largest absolute Gasteiger partial charge is 0.497 e. The minimum Gasteiger partial charge on any atom is -0.497 e. The van der Waals surface area contributed by atoms with Gasteiger partial charge in [0.2, 0.25) is 0 Å². The average Bonchev–Trinajstić information content (AvgIpc) is 2.58. The van der Waals surface area contributed by atoms with Gasteiger partial charge in [0.1, 0.15) is 18.1 Å². The Bertz CT molecular complexity index is 685. The molecule has 0 saturated heterocycles. The minimum absolute atomic E-state index is 0.0529. The van der Waals surface area contributed by atoms with Crippen LogP contribution in [0.4, 0.5) is 5.69 Å². The number of rotatable bonds is 7. The summed E-state index contributed by atoms with van der Waals surface area (Å²) in [6, 6.07) is 12.6. The molecule has 2 aromatic carbocycles. The molecule has 0 radical (unpaired) electrons. The van der Waals surface area contributed by atoms with Crippen molar-refractivity contribution in [1.29, 1.82) is 0 Å². The van der Waals surface area contributed by atoms with Gasteiger partial charge in [-0.15, -0.1) is 0 Å². The quantitative estimate of drug-likeness (QED) is 0.481. The summed E-state index contributed by atoms with van der Waals surface area (Å²) < 4.78 is 10.6. The van der Waals surface area contributed by atoms with Crippen LogP contribution in [-0.4, -0.2) is 31.1 Å². The number of hydrogen-bond acceptors (Lipinski definition) is 5. The topological polar surface area (TPSA) is 90.7 Å². The van der Waals surface area contributed by atoms with E-state index in [-0.39, 0.29) is 11.6 Å². The van der Waals surface area contributed by atoms with Crippen LogP contribution < -0.4 is 14.8 Å². The van der Waals surface area contributed by atoms with Crippen LogP contribution in [0.15, 0.2) is 48.5 Å². The lowest BCUT2D eigenvalue weighted by atomic mass is 10.2. The first-order valence-electron chi connectivity index (χ1n) is 6.89. The second-order valence-corrected chi connectivity index (χ2v) is 4.59. The molecule has 1 N–H and O–H groups in total. The van der Waals surface area contributed by atoms with E-state index < -0.39 is 4.92 Å². The molecule has 7 nitrogen and oxygen atoms in total. The van der Waals surface area contributed by atoms with E-state index in [1.807, 2.05) is 12.1 Å². The molecule has 0 spiro atoms. The summed E-state index contributed by atoms with van der Waals surface area (Å²) in [5.74, 6) is 1.03. The van der Waals surface area contributed by atoms with Gasteiger partial charge in [0.15, 0.2) is 0 Å². The number of ether oxygens (including phenoxy) is 2. The average molecular weight is 316 g/mol. The standard InChI is InChI=1S/C16H16N2O5/c1-22-14-3-2-4-15(11-14)23-10-9-17-16(19)12-5-7-13(8-6-12)18(20)21/h2-8,11H,9-10H2,1H3,(H,17,19). The van der Waals surface area contributed by atoms with Crippen LogP contribution in [0.5, 0.6) is 11.5 Å². The molecular formula is C16H16N2O5. The third-order valence-electron chi connectivity index (χ3n) is 3.04. The Hall–Kier alpha value is -3.09. The fraction of sp³-hybridized carbons (Fsp3) is 0.188. The lowest BCUT2D eigenvalue weighted by Gasteiger charge is -2.09. The summed E-state index contributed by atoms with van der Waals surface area (Å²) in [6.07, 6.45) is 0. The van der Waals surface area contributed by atoms with Crippen LogP contribution in [0.25, 0.3) is 0 Å². The highest BCUT2D eigenvalue weighted by Crippen LogP contribution is 2.18. The van der Waals surface area contributed by atoms with E-state index in [0.29, 0.717) is 30.2 Å². The van der Waals surface area contributed by atoms with Crippen LogP contribution in [-0.2, 0) is 0 Å². The molecule has 0 fully saturated rings. The predicted octanol–water partition coefficient (Wildman–Crippen LogP) is 2.41. The lowest BCUT2D eigenvalue weighted by molar-refractivity contribution is -0.384. The maximum absolute atomic E-state index is 11.9. The fourth-order valence-electron chi connectivity index (χ4n) is 1.86. The second-order valence-electron chi connectivity index (χ2n) is 4.59. The molecule has 0 unspecified atom stereocenters. The summed E-state index contributed by atoms with van der Waals surface area (Å²) in [6.45, 7) is 0.610. The fourth-order valence-corrected chi connectivity index (χ4v) is 1.86. The summed E-state index contributed by atoms with van der Waals surface area (Å²) in [5.41, 5.74) is 0.305. The highest BCUT2D eigenvalue weighted by molar-refractivity contribution is 5.94. The molecule has 120 valence electrons. The number of carbonyl (C=O) groups excluding carboxylic acids is 1. The predicted molar refractivity (Wildman–Crippen MR) is 83.9 cm³/mol. The van der Waals surface area contributed by atoms with E-state index in [2.05, 4.69) is 5.32 Å². The first-order chi connectivity index (χ1) is 11.1. The number of benzene rings is 2. The maximum atomic E-state index is 11.9. The Morgan fingerprint density at radius 3 is 2.52 bits per heavy atom. The van der Waals surface area contributed by atoms with Gasteiger partial charge in [0.25, 0.3) is 11.6 Å². The molecule has 0 heterocycles. The van der Waals surface area contributed by atoms with Crippen molar-refractivity contribution in [2.45, 2.75) is 0 Å². The van der Waals surface area contributed by atoms with E-state index in [0.717, 1.165) is 0 Å². The molecular weight excluding hydrogens is 300 g/mol. The monoisotopic (exact) mass is 316 g/mol. The van der Waals surface area contributed by atoms with Crippen molar-refractivity contribution >= 4 is 11.6 Å². The summed E-state index contributed by atoms with van der Waals surface area (Å²) in [5, 5.41) is 13.2. The molecule has 2 rings (SSSR count). The third-order valence-corrected chi connectivity index (χ3v) is 3.04. The number of amides is 1. The Kier molecular flexibility index (Phi) is 5.51. The summed E-state index contributed by atoms with van der Waals surface area (Å²) in [4.78, 5) is 21.9. The third kappa shape index (κ3) is 4.70. The van der Waals surface area contributed by atoms with Crippen molar-refractivity contribution in [3.63, 3.8) is 0 Å². The van der Waals surface area contributed by atoms with Crippen molar-refractivity contribution in [2.75, 3.05) is 20.3 Å². The molecule has 0 aliphatic rings. The molecule has 0 aromatic heterocycles. The lowest BCUT2D eigenvalue weighted by Crippen LogP contribution is -2.28. The van der Waals surface area contributed by atoms with E-state index in [4.69, 9.17) is 9.47 Å². The Labute approximate surface area is 133 Å². The van der Waals surface area contributed by atoms with E-state index >= 15 is 0 Å². The number of non-ortho nitro benzene ring substituents is 1. The molecule has 0 bridgehead atoms. The van der Waals surface area contributed by atoms with Gasteiger partial charge in [-0.05, 0) is 24.3 Å². The van der Waals surface area contributed by atoms with Gasteiger partial charge in [-0.25, -0.2) is 0 Å². The zero-order valence-electron chi connectivity index (χ0n) is 12.5. The molecule has 0 aliphatic carbocycles. The number of hydrogen-bond donors (Lipinski definition) is 1. The van der Waals surface area contributed by atoms with Crippen LogP contribution in [0, 0.1) is 10.1 Å². The first-order valence-corrected chi connectivity index (χ1v) is 6.89. The number of methoxy groups -OCH3 is 1. The van der Waals surface area contributed by atoms with Gasteiger partial charge in [-0.3, -0.25) is 14.9 Å². The SMILES string of the molecule is COc1cccc(OCCNC(=O)c2ccc([N+](=O)[O-])cc2)c1. The molecule has 1 amide bonds. The number of nitro groups is 1. The van der Waals surface area contributed by atoms with Crippen molar-refractivity contribution in [3.05, 3.63) is 64.2 Å². The van der Waals surface area contributed by atoms with E-state index in [1.54, 1.807) is 19.2 Å². The van der Waals surface area contributed by atoms with Crippen molar-refractivity contribution < 1.29 is 19.2 Å². The highest BCUT2D eigenvalue weighted by atomic mass is 16.6. The van der Waals surface area contributed by atoms with Gasteiger partial charge in [-0.2, -0.15) is 0 Å². The van der Waals surface area contributed by atoms with Crippen molar-refractivity contribution in [3.8, 4) is 11.5 Å². The first kappa shape index (κ1) is 16.3. The molecule has 2 aromatic rings. The molecule has 7 heteroatoms. The zero-order chi connectivity index (χ0) is 16.7. The van der Waals surface area contributed by atoms with Crippen LogP contribution in [0.1, 0.15) is 10.4 Å². The van der Waals surface area contributed by atoms with Crippen LogP contribution in [0.2, 0.25) is 0 Å². The smallest absolute Gasteiger partial charge is 0.269 e. The zero-order valence-corrected chi connectivity index (χ0v) is 12.5. The Balaban J connectivity index is 1.79. The highest BCUT2D eigenvalue weighted by Gasteiger charge is 2.08. The minimum atomic E-state index is -0.510. The van der Waals surface area contributed by atoms with Crippen molar-refractivity contribution in [1.82, 2.24) is 5.32 Å². The van der Waals surface area contributed by atoms with Gasteiger partial charge < -0.3 is 14.8 Å². The summed E-state index contributed by atoms with van der Waals surface area (Å²) >= 11 is 0. The molecule has 0 atom stereocenters. The van der Waals surface area contributed by atoms with Gasteiger partial charge >= 0.3 is 0 Å². The normalized spacial score (nSPS) is 9.96.